The summed E-state index contributed by atoms with van der Waals surface area (Å²) in [6, 6.07) is 5.90. The Labute approximate surface area is 196 Å². The summed E-state index contributed by atoms with van der Waals surface area (Å²) in [6.07, 6.45) is 8.45. The van der Waals surface area contributed by atoms with Crippen LogP contribution in [0.1, 0.15) is 42.1 Å². The predicted molar refractivity (Wildman–Crippen MR) is 127 cm³/mol. The minimum Gasteiger partial charge on any atom is -0.391 e. The third-order valence-corrected chi connectivity index (χ3v) is 6.92. The maximum atomic E-state index is 13.0. The van der Waals surface area contributed by atoms with Crippen molar-refractivity contribution < 1.29 is 14.6 Å². The number of aliphatic hydroxyl groups excluding tert-OH is 1. The summed E-state index contributed by atoms with van der Waals surface area (Å²) in [7, 11) is 1.81. The average molecular weight is 462 g/mol. The number of pyridine rings is 1. The van der Waals surface area contributed by atoms with Gasteiger partial charge >= 0.3 is 0 Å². The lowest BCUT2D eigenvalue weighted by Gasteiger charge is -2.32. The van der Waals surface area contributed by atoms with Gasteiger partial charge in [0.25, 0.3) is 5.91 Å². The zero-order valence-corrected chi connectivity index (χ0v) is 18.9. The average Bonchev–Trinajstić information content (AvgIpc) is 3.48. The van der Waals surface area contributed by atoms with Crippen molar-refractivity contribution in [2.75, 3.05) is 25.6 Å². The van der Waals surface area contributed by atoms with Crippen molar-refractivity contribution >= 4 is 28.4 Å². The lowest BCUT2D eigenvalue weighted by atomic mass is 9.89. The van der Waals surface area contributed by atoms with Crippen molar-refractivity contribution in [1.29, 1.82) is 0 Å². The molecule has 176 valence electrons. The molecule has 3 atom stereocenters. The van der Waals surface area contributed by atoms with Crippen LogP contribution in [0, 0.1) is 0 Å². The maximum absolute atomic E-state index is 13.0. The quantitative estimate of drug-likeness (QED) is 0.418. The zero-order valence-electron chi connectivity index (χ0n) is 18.9. The summed E-state index contributed by atoms with van der Waals surface area (Å²) < 4.78 is 9.55. The van der Waals surface area contributed by atoms with Gasteiger partial charge in [0.05, 0.1) is 36.7 Å². The van der Waals surface area contributed by atoms with Gasteiger partial charge in [0.15, 0.2) is 5.65 Å². The number of amides is 1. The molecule has 3 unspecified atom stereocenters. The second-order valence-electron chi connectivity index (χ2n) is 8.99. The second-order valence-corrected chi connectivity index (χ2v) is 8.99. The van der Waals surface area contributed by atoms with Crippen LogP contribution in [-0.2, 0) is 4.74 Å². The van der Waals surface area contributed by atoms with Crippen molar-refractivity contribution in [3.8, 4) is 11.3 Å². The first-order valence-electron chi connectivity index (χ1n) is 11.7. The molecule has 0 spiro atoms. The molecule has 1 aliphatic carbocycles. The van der Waals surface area contributed by atoms with E-state index in [9.17, 15) is 9.90 Å². The third kappa shape index (κ3) is 3.41. The number of rotatable bonds is 5. The van der Waals surface area contributed by atoms with Gasteiger partial charge in [0.2, 0.25) is 0 Å². The fourth-order valence-corrected chi connectivity index (χ4v) is 4.84. The number of nitrogens with one attached hydrogen (secondary N) is 2. The molecular weight excluding hydrogens is 434 g/mol. The molecule has 10 heteroatoms. The Kier molecular flexibility index (Phi) is 5.19. The van der Waals surface area contributed by atoms with E-state index in [2.05, 4.69) is 31.5 Å². The Morgan fingerprint density at radius 1 is 1.26 bits per heavy atom. The highest BCUT2D eigenvalue weighted by Gasteiger charge is 2.31. The van der Waals surface area contributed by atoms with Crippen molar-refractivity contribution in [3.05, 3.63) is 42.4 Å². The van der Waals surface area contributed by atoms with Gasteiger partial charge in [-0.15, -0.1) is 0 Å². The van der Waals surface area contributed by atoms with E-state index in [1.165, 1.54) is 6.20 Å². The Morgan fingerprint density at radius 2 is 2.18 bits per heavy atom. The Hall–Kier alpha value is -3.50. The standard InChI is InChI=1S/C24H27N7O3/c1-25-21-10-19(28-23-16(11-27-31(21)23)24(33)29-18-6-7-20(18)32)17-12-30(14-4-3-9-34-13-14)22-15(17)5-2-8-26-22/h2,5,8,10-12,14,18,20,25,32H,3-4,6-7,9,13H2,1H3,(H,29,33). The van der Waals surface area contributed by atoms with E-state index in [1.807, 2.05) is 25.2 Å². The first-order valence-corrected chi connectivity index (χ1v) is 11.7. The molecule has 3 N–H and O–H groups in total. The van der Waals surface area contributed by atoms with Gasteiger partial charge in [-0.05, 0) is 37.8 Å². The van der Waals surface area contributed by atoms with E-state index in [0.717, 1.165) is 48.2 Å². The van der Waals surface area contributed by atoms with E-state index in [-0.39, 0.29) is 18.0 Å². The number of fused-ring (bicyclic) bond motifs is 2. The lowest BCUT2D eigenvalue weighted by Crippen LogP contribution is -2.50. The smallest absolute Gasteiger partial charge is 0.257 e. The SMILES string of the molecule is CNc1cc(-c2cn(C3CCCOC3)c3ncccc23)nc2c(C(=O)NC3CCC3O)cnn12. The number of carbonyl (C=O) groups excluding carboxylic acids is 1. The highest BCUT2D eigenvalue weighted by molar-refractivity contribution is 6.01. The number of nitrogens with zero attached hydrogens (tertiary/aromatic N) is 5. The first-order chi connectivity index (χ1) is 16.6. The summed E-state index contributed by atoms with van der Waals surface area (Å²) in [5, 5.41) is 21.3. The number of hydrogen-bond donors (Lipinski definition) is 3. The van der Waals surface area contributed by atoms with Crippen LogP contribution in [0.25, 0.3) is 27.9 Å². The molecule has 4 aromatic heterocycles. The monoisotopic (exact) mass is 461 g/mol. The molecule has 6 rings (SSSR count). The third-order valence-electron chi connectivity index (χ3n) is 6.92. The number of anilines is 1. The van der Waals surface area contributed by atoms with Gasteiger partial charge in [0, 0.05) is 43.1 Å². The molecule has 0 radical (unpaired) electrons. The van der Waals surface area contributed by atoms with Crippen molar-refractivity contribution in [1.82, 2.24) is 29.5 Å². The number of hydrogen-bond acceptors (Lipinski definition) is 7. The van der Waals surface area contributed by atoms with Crippen LogP contribution in [0.2, 0.25) is 0 Å². The molecule has 0 aromatic carbocycles. The highest BCUT2D eigenvalue weighted by Crippen LogP contribution is 2.34. The lowest BCUT2D eigenvalue weighted by molar-refractivity contribution is 0.0448. The second kappa shape index (κ2) is 8.37. The molecule has 4 aromatic rings. The van der Waals surface area contributed by atoms with Crippen LogP contribution in [0.5, 0.6) is 0 Å². The summed E-state index contributed by atoms with van der Waals surface area (Å²) in [6.45, 7) is 1.46. The van der Waals surface area contributed by atoms with Gasteiger partial charge in [-0.2, -0.15) is 9.61 Å². The summed E-state index contributed by atoms with van der Waals surface area (Å²) >= 11 is 0. The van der Waals surface area contributed by atoms with Crippen LogP contribution in [0.4, 0.5) is 5.82 Å². The van der Waals surface area contributed by atoms with Crippen LogP contribution in [-0.4, -0.2) is 67.6 Å². The van der Waals surface area contributed by atoms with Crippen LogP contribution in [0.15, 0.2) is 36.8 Å². The number of aliphatic hydroxyl groups is 1. The molecule has 10 nitrogen and oxygen atoms in total. The molecule has 5 heterocycles. The normalized spacial score (nSPS) is 22.6. The van der Waals surface area contributed by atoms with Crippen LogP contribution < -0.4 is 10.6 Å². The molecular formula is C24H27N7O3. The largest absolute Gasteiger partial charge is 0.391 e. The fourth-order valence-electron chi connectivity index (χ4n) is 4.84. The molecule has 2 fully saturated rings. The predicted octanol–water partition coefficient (Wildman–Crippen LogP) is 2.39. The highest BCUT2D eigenvalue weighted by atomic mass is 16.5. The molecule has 1 aliphatic heterocycles. The van der Waals surface area contributed by atoms with Gasteiger partial charge in [-0.3, -0.25) is 4.79 Å². The minimum absolute atomic E-state index is 0.220. The minimum atomic E-state index is -0.496. The molecule has 2 aliphatic rings. The molecule has 1 amide bonds. The zero-order chi connectivity index (χ0) is 23.2. The summed E-state index contributed by atoms with van der Waals surface area (Å²) in [4.78, 5) is 22.5. The Balaban J connectivity index is 1.46. The van der Waals surface area contributed by atoms with E-state index < -0.39 is 6.10 Å². The number of carbonyl (C=O) groups is 1. The first kappa shape index (κ1) is 21.1. The van der Waals surface area contributed by atoms with Crippen molar-refractivity contribution in [2.24, 2.45) is 0 Å². The molecule has 1 saturated heterocycles. The van der Waals surface area contributed by atoms with Crippen molar-refractivity contribution in [2.45, 2.75) is 43.9 Å². The van der Waals surface area contributed by atoms with Gasteiger partial charge in [0.1, 0.15) is 17.0 Å². The maximum Gasteiger partial charge on any atom is 0.257 e. The van der Waals surface area contributed by atoms with Gasteiger partial charge in [-0.25, -0.2) is 9.97 Å². The van der Waals surface area contributed by atoms with E-state index >= 15 is 0 Å². The Bertz CT molecular complexity index is 1370. The van der Waals surface area contributed by atoms with Crippen LogP contribution in [0.3, 0.4) is 0 Å². The summed E-state index contributed by atoms with van der Waals surface area (Å²) in [5.74, 6) is 0.433. The number of ether oxygens (including phenoxy) is 1. The van der Waals surface area contributed by atoms with Gasteiger partial charge < -0.3 is 25.0 Å². The van der Waals surface area contributed by atoms with Gasteiger partial charge in [-0.1, -0.05) is 0 Å². The summed E-state index contributed by atoms with van der Waals surface area (Å²) in [5.41, 5.74) is 3.39. The van der Waals surface area contributed by atoms with E-state index in [0.29, 0.717) is 30.1 Å². The number of aromatic nitrogens is 5. The van der Waals surface area contributed by atoms with Crippen LogP contribution >= 0.6 is 0 Å². The topological polar surface area (TPSA) is 119 Å². The molecule has 0 bridgehead atoms. The van der Waals surface area contributed by atoms with E-state index in [1.54, 1.807) is 10.7 Å². The Morgan fingerprint density at radius 3 is 2.91 bits per heavy atom. The molecule has 34 heavy (non-hydrogen) atoms. The van der Waals surface area contributed by atoms with Crippen molar-refractivity contribution in [3.63, 3.8) is 0 Å². The fraction of sp³-hybridized carbons (Fsp3) is 0.417. The molecule has 1 saturated carbocycles. The van der Waals surface area contributed by atoms with E-state index in [4.69, 9.17) is 9.72 Å².